The van der Waals surface area contributed by atoms with Gasteiger partial charge in [-0.3, -0.25) is 9.99 Å². The Kier molecular flexibility index (Phi) is 19.4. The zero-order valence-corrected chi connectivity index (χ0v) is 51.3. The van der Waals surface area contributed by atoms with Crippen molar-refractivity contribution in [2.24, 2.45) is 5.92 Å². The Balaban J connectivity index is 1.68. The molecule has 0 spiro atoms. The highest BCUT2D eigenvalue weighted by Gasteiger charge is 2.47. The number of benzene rings is 2. The summed E-state index contributed by atoms with van der Waals surface area (Å²) in [6, 6.07) is 6.60. The first-order valence-electron chi connectivity index (χ1n) is 28.0. The maximum absolute atomic E-state index is 18.6. The fourth-order valence-corrected chi connectivity index (χ4v) is 22.6. The molecule has 0 bridgehead atoms. The molecule has 0 saturated carbocycles. The van der Waals surface area contributed by atoms with Gasteiger partial charge < -0.3 is 28.9 Å². The summed E-state index contributed by atoms with van der Waals surface area (Å²) in [4.78, 5) is 44.0. The van der Waals surface area contributed by atoms with E-state index in [1.807, 2.05) is 6.07 Å². The van der Waals surface area contributed by atoms with Gasteiger partial charge in [0, 0.05) is 36.8 Å². The number of fused-ring (bicyclic) bond motifs is 2. The number of carbonyl (C=O) groups excluding carboxylic acids is 2. The maximum atomic E-state index is 18.6. The van der Waals surface area contributed by atoms with Crippen LogP contribution in [0.5, 0.6) is 11.8 Å². The van der Waals surface area contributed by atoms with E-state index in [4.69, 9.17) is 33.6 Å². The summed E-state index contributed by atoms with van der Waals surface area (Å²) in [5, 5.41) is 7.14. The number of halogens is 3. The molecule has 424 valence electrons. The number of carbonyl (C=O) groups is 2. The van der Waals surface area contributed by atoms with Crippen molar-refractivity contribution in [2.45, 2.75) is 195 Å². The van der Waals surface area contributed by atoms with Gasteiger partial charge in [-0.1, -0.05) is 95.1 Å². The number of aromatic nitrogens is 3. The van der Waals surface area contributed by atoms with Crippen LogP contribution in [-0.4, -0.2) is 117 Å². The Hall–Kier alpha value is -5.13. The van der Waals surface area contributed by atoms with Crippen LogP contribution < -0.4 is 19.5 Å². The number of nitrogens with zero attached hydrogens (tertiary/aromatic N) is 6. The van der Waals surface area contributed by atoms with Gasteiger partial charge in [-0.25, -0.2) is 27.8 Å². The number of amides is 2. The maximum Gasteiger partial charge on any atom is 0.429 e. The molecule has 4 aromatic rings. The van der Waals surface area contributed by atoms with E-state index in [2.05, 4.69) is 99.9 Å². The van der Waals surface area contributed by atoms with Crippen molar-refractivity contribution in [3.8, 4) is 34.5 Å². The molecule has 2 aromatic heterocycles. The first-order valence-corrected chi connectivity index (χ1v) is 32.4. The van der Waals surface area contributed by atoms with Crippen LogP contribution in [0.15, 0.2) is 30.5 Å². The van der Waals surface area contributed by atoms with E-state index in [1.165, 1.54) is 22.2 Å². The number of alkyl halides is 1. The molecule has 2 aliphatic rings. The number of nitrogens with one attached hydrogen (secondary N) is 1. The van der Waals surface area contributed by atoms with Gasteiger partial charge in [0.25, 0.3) is 8.32 Å². The van der Waals surface area contributed by atoms with E-state index in [1.54, 1.807) is 58.7 Å². The lowest BCUT2D eigenvalue weighted by molar-refractivity contribution is 0.0185. The average molecular weight is 1100 g/mol. The number of hydrogen-bond donors (Lipinski definition) is 1. The summed E-state index contributed by atoms with van der Waals surface area (Å²) < 4.78 is 76.0. The van der Waals surface area contributed by atoms with Crippen molar-refractivity contribution < 1.29 is 41.4 Å². The van der Waals surface area contributed by atoms with E-state index < -0.39 is 57.6 Å². The van der Waals surface area contributed by atoms with E-state index in [0.29, 0.717) is 29.5 Å². The predicted octanol–water partition coefficient (Wildman–Crippen LogP) is 14.6. The van der Waals surface area contributed by atoms with Crippen LogP contribution in [0.2, 0.25) is 33.2 Å². The van der Waals surface area contributed by atoms with E-state index in [9.17, 15) is 9.59 Å². The first kappa shape index (κ1) is 61.1. The van der Waals surface area contributed by atoms with Gasteiger partial charge in [0.1, 0.15) is 48.2 Å². The first-order chi connectivity index (χ1) is 35.9. The third-order valence-corrected chi connectivity index (χ3v) is 27.8. The number of anilines is 1. The molecule has 2 saturated heterocycles. The van der Waals surface area contributed by atoms with Gasteiger partial charge in [0.15, 0.2) is 11.6 Å². The van der Waals surface area contributed by atoms with Crippen LogP contribution >= 0.6 is 0 Å². The van der Waals surface area contributed by atoms with Gasteiger partial charge in [-0.05, 0) is 130 Å². The molecular formula is C59H88F3N7O6Si2. The van der Waals surface area contributed by atoms with E-state index >= 15 is 13.2 Å². The molecule has 4 heterocycles. The second kappa shape index (κ2) is 24.5. The average Bonchev–Trinajstić information content (AvgIpc) is 3.55. The lowest BCUT2D eigenvalue weighted by Crippen LogP contribution is -2.50. The van der Waals surface area contributed by atoms with Crippen LogP contribution in [-0.2, 0) is 9.47 Å². The summed E-state index contributed by atoms with van der Waals surface area (Å²) in [6.45, 7) is 38.0. The Bertz CT molecular complexity index is 2760. The van der Waals surface area contributed by atoms with E-state index in [-0.39, 0.29) is 124 Å². The van der Waals surface area contributed by atoms with Crippen molar-refractivity contribution in [3.63, 3.8) is 0 Å². The molecule has 1 N–H and O–H groups in total. The monoisotopic (exact) mass is 1100 g/mol. The summed E-state index contributed by atoms with van der Waals surface area (Å²) in [6.07, 6.45) is 0.770. The van der Waals surface area contributed by atoms with Crippen LogP contribution in [0.4, 0.5) is 28.6 Å². The quantitative estimate of drug-likeness (QED) is 0.101. The highest BCUT2D eigenvalue weighted by atomic mass is 28.4. The Morgan fingerprint density at radius 3 is 2.01 bits per heavy atom. The fraction of sp³-hybridized carbons (Fsp3) is 0.644. The van der Waals surface area contributed by atoms with Gasteiger partial charge in [0.2, 0.25) is 0 Å². The number of rotatable bonds is 13. The van der Waals surface area contributed by atoms with Crippen LogP contribution in [0.3, 0.4) is 0 Å². The predicted molar refractivity (Wildman–Crippen MR) is 308 cm³/mol. The number of pyridine rings is 1. The Morgan fingerprint density at radius 2 is 1.42 bits per heavy atom. The minimum Gasteiger partial charge on any atom is -0.543 e. The van der Waals surface area contributed by atoms with Crippen molar-refractivity contribution in [1.29, 1.82) is 0 Å². The van der Waals surface area contributed by atoms with Crippen LogP contribution in [0, 0.1) is 29.0 Å². The summed E-state index contributed by atoms with van der Waals surface area (Å²) in [5.41, 5.74) is 3.48. The molecule has 2 aromatic carbocycles. The fourth-order valence-electron chi connectivity index (χ4n) is 12.1. The minimum absolute atomic E-state index is 0.0149. The third-order valence-electron chi connectivity index (χ3n) is 15.5. The Morgan fingerprint density at radius 1 is 0.805 bits per heavy atom. The Labute approximate surface area is 459 Å². The molecule has 0 unspecified atom stereocenters. The summed E-state index contributed by atoms with van der Waals surface area (Å²) >= 11 is 0. The highest BCUT2D eigenvalue weighted by Crippen LogP contribution is 2.46. The molecule has 6 rings (SSSR count). The zero-order chi connectivity index (χ0) is 57.1. The molecular weight excluding hydrogens is 1020 g/mol. The molecule has 77 heavy (non-hydrogen) atoms. The zero-order valence-electron chi connectivity index (χ0n) is 49.3. The van der Waals surface area contributed by atoms with Crippen molar-refractivity contribution in [2.75, 3.05) is 50.9 Å². The molecule has 2 amide bonds. The molecule has 18 heteroatoms. The van der Waals surface area contributed by atoms with Crippen molar-refractivity contribution in [3.05, 3.63) is 47.7 Å². The summed E-state index contributed by atoms with van der Waals surface area (Å²) in [5.74, 6) is 2.37. The lowest BCUT2D eigenvalue weighted by atomic mass is 9.95. The van der Waals surface area contributed by atoms with Crippen molar-refractivity contribution in [1.82, 2.24) is 30.2 Å². The molecule has 0 aliphatic carbocycles. The van der Waals surface area contributed by atoms with Crippen LogP contribution in [0.1, 0.15) is 149 Å². The highest BCUT2D eigenvalue weighted by molar-refractivity contribution is 6.90. The van der Waals surface area contributed by atoms with Gasteiger partial charge in [-0.15, -0.1) is 5.54 Å². The number of ether oxygens (including phenoxy) is 3. The largest absolute Gasteiger partial charge is 0.543 e. The normalized spacial score (nSPS) is 17.6. The molecule has 13 nitrogen and oxygen atoms in total. The molecule has 2 fully saturated rings. The van der Waals surface area contributed by atoms with Crippen molar-refractivity contribution >= 4 is 56.1 Å². The topological polar surface area (TPSA) is 131 Å². The summed E-state index contributed by atoms with van der Waals surface area (Å²) in [7, 11) is -5.04. The number of hydrogen-bond acceptors (Lipinski definition) is 11. The minimum atomic E-state index is -2.62. The second-order valence-electron chi connectivity index (χ2n) is 25.1. The number of hydrazine groups is 1. The van der Waals surface area contributed by atoms with Gasteiger partial charge in [0.05, 0.1) is 30.6 Å². The molecule has 0 radical (unpaired) electrons. The lowest BCUT2D eigenvalue weighted by Gasteiger charge is -2.42. The third kappa shape index (κ3) is 13.7. The molecule has 2 aliphatic heterocycles. The van der Waals surface area contributed by atoms with Gasteiger partial charge >= 0.3 is 18.2 Å². The standard InChI is InChI=1S/C59H88F3N7O6Si2/c1-36(2)76(37(3)4,38(5)6)29-23-46-49(61)22-21-43-31-45(75-77(39(7)8,40(9)10)41(11)12)32-47(50(43)46)52-51(62)53-48(34-64-52)54(66-55(65-53)72-35-42-20-19-24-63-33-44(60)30-42)68-27-25-67(56(70)73-58(13,14)15)26-28-69(68)57(71)74-59(16,17)18/h21-22,31-32,34,36-42,44,63H,19-20,24-28,30,33,35H2,1-18H3/t42-,44-/m1/s1. The van der Waals surface area contributed by atoms with Gasteiger partial charge in [-0.2, -0.15) is 9.97 Å². The van der Waals surface area contributed by atoms with E-state index in [0.717, 1.165) is 6.42 Å². The van der Waals surface area contributed by atoms with Crippen LogP contribution in [0.25, 0.3) is 32.9 Å². The SMILES string of the molecule is CC(C)[Si](C#Cc1c(F)ccc2cc(O[Si](C(C)C)(C(C)C)C(C)C)cc(-c3ncc4c(N5CCN(C(=O)OC(C)(C)C)CCN5C(=O)OC(C)(C)C)nc(OC[C@@H]5CCCNC[C@H](F)C5)nc4c3F)c12)(C(C)C)C(C)C. The second-order valence-corrected chi connectivity index (χ2v) is 36.1. The molecule has 2 atom stereocenters. The smallest absolute Gasteiger partial charge is 0.429 e.